The summed E-state index contributed by atoms with van der Waals surface area (Å²) < 4.78 is 0. The van der Waals surface area contributed by atoms with E-state index in [4.69, 9.17) is 0 Å². The van der Waals surface area contributed by atoms with Crippen LogP contribution in [-0.4, -0.2) is 33.2 Å². The van der Waals surface area contributed by atoms with Crippen LogP contribution in [-0.2, 0) is 17.8 Å². The molecule has 1 aliphatic rings. The van der Waals surface area contributed by atoms with E-state index in [2.05, 4.69) is 15.3 Å². The third kappa shape index (κ3) is 2.92. The van der Waals surface area contributed by atoms with Crippen molar-refractivity contribution in [1.82, 2.24) is 14.9 Å². The van der Waals surface area contributed by atoms with E-state index in [9.17, 15) is 9.59 Å². The number of hydrogen-bond donors (Lipinski definition) is 1. The number of thiazole rings is 1. The van der Waals surface area contributed by atoms with Crippen molar-refractivity contribution in [3.8, 4) is 0 Å². The Morgan fingerprint density at radius 2 is 2.29 bits per heavy atom. The van der Waals surface area contributed by atoms with E-state index in [1.54, 1.807) is 29.4 Å². The van der Waals surface area contributed by atoms with Crippen LogP contribution in [0, 0.1) is 0 Å². The highest BCUT2D eigenvalue weighted by atomic mass is 32.1. The van der Waals surface area contributed by atoms with E-state index in [1.165, 1.54) is 18.3 Å². The number of nitrogens with one attached hydrogen (secondary N) is 1. The summed E-state index contributed by atoms with van der Waals surface area (Å²) in [5, 5.41) is 3.29. The number of nitrogens with zero attached hydrogens (tertiary/aromatic N) is 3. The van der Waals surface area contributed by atoms with Crippen LogP contribution in [0.25, 0.3) is 0 Å². The normalized spacial score (nSPS) is 13.7. The zero-order valence-corrected chi connectivity index (χ0v) is 12.3. The molecule has 21 heavy (non-hydrogen) atoms. The van der Waals surface area contributed by atoms with Crippen LogP contribution < -0.4 is 5.32 Å². The Hall–Kier alpha value is -2.28. The molecule has 108 valence electrons. The number of anilines is 1. The monoisotopic (exact) mass is 302 g/mol. The average molecular weight is 302 g/mol. The van der Waals surface area contributed by atoms with Gasteiger partial charge in [0, 0.05) is 37.2 Å². The number of fused-ring (bicyclic) bond motifs is 1. The van der Waals surface area contributed by atoms with Gasteiger partial charge in [0.1, 0.15) is 0 Å². The van der Waals surface area contributed by atoms with Gasteiger partial charge in [-0.3, -0.25) is 14.6 Å². The predicted molar refractivity (Wildman–Crippen MR) is 79.1 cm³/mol. The van der Waals surface area contributed by atoms with Crippen LogP contribution >= 0.6 is 11.3 Å². The van der Waals surface area contributed by atoms with Crippen LogP contribution in [0.3, 0.4) is 0 Å². The second kappa shape index (κ2) is 5.61. The zero-order valence-electron chi connectivity index (χ0n) is 11.5. The molecule has 0 saturated heterocycles. The molecular weight excluding hydrogens is 288 g/mol. The fraction of sp³-hybridized carbons (Fsp3) is 0.286. The van der Waals surface area contributed by atoms with E-state index < -0.39 is 0 Å². The van der Waals surface area contributed by atoms with Gasteiger partial charge in [-0.2, -0.15) is 0 Å². The summed E-state index contributed by atoms with van der Waals surface area (Å²) in [4.78, 5) is 34.6. The van der Waals surface area contributed by atoms with Crippen LogP contribution in [0.4, 0.5) is 5.13 Å². The zero-order chi connectivity index (χ0) is 14.8. The lowest BCUT2D eigenvalue weighted by Gasteiger charge is -2.25. The second-order valence-corrected chi connectivity index (χ2v) is 5.87. The molecule has 1 N–H and O–H groups in total. The molecule has 3 heterocycles. The molecule has 0 spiro atoms. The Kier molecular flexibility index (Phi) is 3.66. The van der Waals surface area contributed by atoms with Gasteiger partial charge in [-0.15, -0.1) is 0 Å². The van der Waals surface area contributed by atoms with Gasteiger partial charge < -0.3 is 10.2 Å². The van der Waals surface area contributed by atoms with Crippen molar-refractivity contribution in [2.45, 2.75) is 19.9 Å². The van der Waals surface area contributed by atoms with Crippen molar-refractivity contribution in [3.63, 3.8) is 0 Å². The van der Waals surface area contributed by atoms with Crippen molar-refractivity contribution in [3.05, 3.63) is 40.7 Å². The minimum absolute atomic E-state index is 0.0248. The third-order valence-electron chi connectivity index (χ3n) is 3.21. The summed E-state index contributed by atoms with van der Waals surface area (Å²) in [5.41, 5.74) is 1.56. The highest BCUT2D eigenvalue weighted by Crippen LogP contribution is 2.28. The van der Waals surface area contributed by atoms with Gasteiger partial charge in [-0.25, -0.2) is 4.98 Å². The molecule has 0 bridgehead atoms. The maximum atomic E-state index is 12.4. The maximum Gasteiger partial charge on any atom is 0.255 e. The van der Waals surface area contributed by atoms with E-state index in [-0.39, 0.29) is 11.8 Å². The molecule has 1 aliphatic heterocycles. The first-order valence-electron chi connectivity index (χ1n) is 6.59. The summed E-state index contributed by atoms with van der Waals surface area (Å²) >= 11 is 1.43. The summed E-state index contributed by atoms with van der Waals surface area (Å²) in [7, 11) is 0. The van der Waals surface area contributed by atoms with Crippen molar-refractivity contribution < 1.29 is 9.59 Å². The SMILES string of the molecule is CC(=O)Nc1nc2c(s1)CN(C(=O)c1cccnc1)CC2. The summed E-state index contributed by atoms with van der Waals surface area (Å²) in [5.74, 6) is -0.160. The average Bonchev–Trinajstić information content (AvgIpc) is 2.87. The fourth-order valence-corrected chi connectivity index (χ4v) is 3.31. The standard InChI is InChI=1S/C14H14N4O2S/c1-9(19)16-14-17-11-4-6-18(8-12(11)21-14)13(20)10-3-2-5-15-7-10/h2-3,5,7H,4,6,8H2,1H3,(H,16,17,19). The number of hydrogen-bond acceptors (Lipinski definition) is 5. The Morgan fingerprint density at radius 3 is 3.00 bits per heavy atom. The number of carbonyl (C=O) groups is 2. The molecule has 2 amide bonds. The topological polar surface area (TPSA) is 75.2 Å². The highest BCUT2D eigenvalue weighted by Gasteiger charge is 2.25. The van der Waals surface area contributed by atoms with E-state index >= 15 is 0 Å². The lowest BCUT2D eigenvalue weighted by molar-refractivity contribution is -0.114. The number of aromatic nitrogens is 2. The number of carbonyl (C=O) groups excluding carboxylic acids is 2. The van der Waals surface area contributed by atoms with Crippen molar-refractivity contribution in [2.75, 3.05) is 11.9 Å². The molecule has 0 aromatic carbocycles. The fourth-order valence-electron chi connectivity index (χ4n) is 2.24. The van der Waals surface area contributed by atoms with Crippen LogP contribution in [0.1, 0.15) is 27.9 Å². The summed E-state index contributed by atoms with van der Waals surface area (Å²) in [6.07, 6.45) is 3.93. The maximum absolute atomic E-state index is 12.4. The Morgan fingerprint density at radius 1 is 1.43 bits per heavy atom. The van der Waals surface area contributed by atoms with Crippen molar-refractivity contribution in [2.24, 2.45) is 0 Å². The quantitative estimate of drug-likeness (QED) is 0.916. The van der Waals surface area contributed by atoms with Crippen molar-refractivity contribution in [1.29, 1.82) is 0 Å². The molecule has 0 aliphatic carbocycles. The molecule has 0 unspecified atom stereocenters. The summed E-state index contributed by atoms with van der Waals surface area (Å²) in [6.45, 7) is 2.61. The van der Waals surface area contributed by atoms with Gasteiger partial charge in [0.15, 0.2) is 5.13 Å². The molecule has 3 rings (SSSR count). The first-order chi connectivity index (χ1) is 10.1. The molecule has 0 saturated carbocycles. The predicted octanol–water partition coefficient (Wildman–Crippen LogP) is 1.69. The molecule has 2 aromatic heterocycles. The molecule has 0 fully saturated rings. The molecule has 7 heteroatoms. The molecular formula is C14H14N4O2S. The van der Waals surface area contributed by atoms with Gasteiger partial charge in [0.2, 0.25) is 5.91 Å². The van der Waals surface area contributed by atoms with Crippen molar-refractivity contribution >= 4 is 28.3 Å². The minimum Gasteiger partial charge on any atom is -0.333 e. The first-order valence-corrected chi connectivity index (χ1v) is 7.40. The Balaban J connectivity index is 1.76. The smallest absolute Gasteiger partial charge is 0.255 e. The first kappa shape index (κ1) is 13.7. The van der Waals surface area contributed by atoms with E-state index in [0.717, 1.165) is 10.6 Å². The van der Waals surface area contributed by atoms with Crippen LogP contribution in [0.5, 0.6) is 0 Å². The Labute approximate surface area is 125 Å². The van der Waals surface area contributed by atoms with Gasteiger partial charge in [-0.05, 0) is 12.1 Å². The lowest BCUT2D eigenvalue weighted by Crippen LogP contribution is -2.35. The lowest BCUT2D eigenvalue weighted by atomic mass is 10.1. The van der Waals surface area contributed by atoms with E-state index in [1.807, 2.05) is 0 Å². The number of rotatable bonds is 2. The molecule has 0 atom stereocenters. The van der Waals surface area contributed by atoms with Crippen LogP contribution in [0.2, 0.25) is 0 Å². The minimum atomic E-state index is -0.135. The van der Waals surface area contributed by atoms with Gasteiger partial charge in [0.05, 0.1) is 17.8 Å². The summed E-state index contributed by atoms with van der Waals surface area (Å²) in [6, 6.07) is 3.52. The largest absolute Gasteiger partial charge is 0.333 e. The number of amides is 2. The highest BCUT2D eigenvalue weighted by molar-refractivity contribution is 7.15. The van der Waals surface area contributed by atoms with Gasteiger partial charge in [-0.1, -0.05) is 11.3 Å². The van der Waals surface area contributed by atoms with E-state index in [0.29, 0.717) is 30.2 Å². The molecule has 2 aromatic rings. The number of pyridine rings is 1. The molecule has 6 nitrogen and oxygen atoms in total. The van der Waals surface area contributed by atoms with Crippen LogP contribution in [0.15, 0.2) is 24.5 Å². The second-order valence-electron chi connectivity index (χ2n) is 4.79. The third-order valence-corrected chi connectivity index (χ3v) is 4.21. The Bertz CT molecular complexity index is 684. The van der Waals surface area contributed by atoms with Gasteiger partial charge in [0.25, 0.3) is 5.91 Å². The molecule has 0 radical (unpaired) electrons. The van der Waals surface area contributed by atoms with Gasteiger partial charge >= 0.3 is 0 Å².